The number of methoxy groups -OCH3 is 1. The molecule has 1 atom stereocenters. The first-order chi connectivity index (χ1) is 20.2. The van der Waals surface area contributed by atoms with Crippen molar-refractivity contribution in [3.63, 3.8) is 0 Å². The number of nitrogens with one attached hydrogen (secondary N) is 2. The van der Waals surface area contributed by atoms with Gasteiger partial charge in [-0.15, -0.1) is 0 Å². The van der Waals surface area contributed by atoms with Crippen molar-refractivity contribution in [2.45, 2.75) is 31.7 Å². The molecule has 0 bridgehead atoms. The smallest absolute Gasteiger partial charge is 0.257 e. The molecule has 2 aromatic carbocycles. The number of fused-ring (bicyclic) bond motifs is 1. The Morgan fingerprint density at radius 1 is 1.12 bits per heavy atom. The number of aromatic nitrogens is 1. The monoisotopic (exact) mass is 592 g/mol. The maximum Gasteiger partial charge on any atom is 0.257 e. The Hall–Kier alpha value is -4.58. The Bertz CT molecular complexity index is 1690. The van der Waals surface area contributed by atoms with E-state index in [2.05, 4.69) is 20.6 Å². The highest BCUT2D eigenvalue weighted by Crippen LogP contribution is 2.41. The van der Waals surface area contributed by atoms with Crippen LogP contribution in [0.3, 0.4) is 0 Å². The standard InChI is InChI=1S/C30H29FN4O6S/c1-6-39-22-13-23-20(24(27(37)32-4)25(41-23)16-7-9-18(31)10-8-16)12-19(22)17-11-21(28(38-5)33-14-17)26(36)35-30(2,3)29-34-15-40-42-29/h7-15,29H,6H2,1-5H3,(H,32,37)(H,35,36). The van der Waals surface area contributed by atoms with Crippen molar-refractivity contribution in [1.29, 1.82) is 0 Å². The molecule has 1 aliphatic rings. The summed E-state index contributed by atoms with van der Waals surface area (Å²) >= 11 is 1.15. The number of carbonyl (C=O) groups is 2. The minimum atomic E-state index is -0.749. The zero-order valence-electron chi connectivity index (χ0n) is 23.6. The number of halogens is 1. The molecular formula is C30H29FN4O6S. The van der Waals surface area contributed by atoms with Gasteiger partial charge in [-0.2, -0.15) is 0 Å². The number of hydrogen-bond donors (Lipinski definition) is 2. The molecule has 0 aliphatic carbocycles. The summed E-state index contributed by atoms with van der Waals surface area (Å²) in [5, 5.41) is 5.82. The van der Waals surface area contributed by atoms with E-state index in [1.807, 2.05) is 20.8 Å². The zero-order chi connectivity index (χ0) is 30.0. The first-order valence-corrected chi connectivity index (χ1v) is 13.9. The molecule has 1 aliphatic heterocycles. The minimum Gasteiger partial charge on any atom is -0.493 e. The Morgan fingerprint density at radius 2 is 1.88 bits per heavy atom. The topological polar surface area (TPSA) is 124 Å². The second-order valence-corrected chi connectivity index (χ2v) is 10.8. The van der Waals surface area contributed by atoms with Crippen LogP contribution in [0.15, 0.2) is 58.1 Å². The number of ether oxygens (including phenoxy) is 2. The van der Waals surface area contributed by atoms with Gasteiger partial charge in [-0.3, -0.25) is 9.59 Å². The van der Waals surface area contributed by atoms with Crippen LogP contribution >= 0.6 is 12.0 Å². The molecule has 4 aromatic rings. The predicted octanol–water partition coefficient (Wildman–Crippen LogP) is 5.61. The average molecular weight is 593 g/mol. The van der Waals surface area contributed by atoms with Gasteiger partial charge in [0.25, 0.3) is 11.8 Å². The summed E-state index contributed by atoms with van der Waals surface area (Å²) in [4.78, 5) is 35.3. The summed E-state index contributed by atoms with van der Waals surface area (Å²) in [5.74, 6) is -0.319. The maximum atomic E-state index is 13.6. The second kappa shape index (κ2) is 11.7. The van der Waals surface area contributed by atoms with Gasteiger partial charge in [-0.1, -0.05) is 0 Å². The van der Waals surface area contributed by atoms with Gasteiger partial charge >= 0.3 is 0 Å². The number of aliphatic imine (C=N–C) groups is 1. The molecular weight excluding hydrogens is 563 g/mol. The van der Waals surface area contributed by atoms with E-state index in [-0.39, 0.29) is 34.0 Å². The van der Waals surface area contributed by atoms with Gasteiger partial charge in [0.15, 0.2) is 11.8 Å². The lowest BCUT2D eigenvalue weighted by molar-refractivity contribution is 0.0907. The normalized spacial score (nSPS) is 14.5. The van der Waals surface area contributed by atoms with Crippen molar-refractivity contribution >= 4 is 41.2 Å². The molecule has 2 aromatic heterocycles. The van der Waals surface area contributed by atoms with Crippen molar-refractivity contribution in [2.75, 3.05) is 20.8 Å². The van der Waals surface area contributed by atoms with Crippen LogP contribution in [-0.2, 0) is 4.18 Å². The molecule has 2 amide bonds. The van der Waals surface area contributed by atoms with Gasteiger partial charge in [0.2, 0.25) is 5.88 Å². The molecule has 5 rings (SSSR count). The number of nitrogens with zero attached hydrogens (tertiary/aromatic N) is 2. The number of rotatable bonds is 9. The summed E-state index contributed by atoms with van der Waals surface area (Å²) in [7, 11) is 2.96. The van der Waals surface area contributed by atoms with Crippen molar-refractivity contribution in [1.82, 2.24) is 15.6 Å². The SMILES string of the molecule is CCOc1cc2oc(-c3ccc(F)cc3)c(C(=O)NC)c2cc1-c1cnc(OC)c(C(=O)NC(C)(C)C2N=COS2)c1. The molecule has 0 fully saturated rings. The maximum absolute atomic E-state index is 13.6. The summed E-state index contributed by atoms with van der Waals surface area (Å²) in [6.45, 7) is 5.88. The number of benzene rings is 2. The lowest BCUT2D eigenvalue weighted by Gasteiger charge is -2.28. The van der Waals surface area contributed by atoms with Gasteiger partial charge in [0.05, 0.1) is 36.9 Å². The molecule has 10 nitrogen and oxygen atoms in total. The van der Waals surface area contributed by atoms with E-state index in [4.69, 9.17) is 18.1 Å². The molecule has 0 spiro atoms. The van der Waals surface area contributed by atoms with Crippen LogP contribution in [-0.4, -0.2) is 54.9 Å². The molecule has 1 unspecified atom stereocenters. The lowest BCUT2D eigenvalue weighted by Crippen LogP contribution is -2.49. The third-order valence-corrected chi connectivity index (χ3v) is 7.78. The van der Waals surface area contributed by atoms with E-state index in [1.54, 1.807) is 36.5 Å². The van der Waals surface area contributed by atoms with Crippen LogP contribution < -0.4 is 20.1 Å². The van der Waals surface area contributed by atoms with Crippen LogP contribution in [0.4, 0.5) is 4.39 Å². The van der Waals surface area contributed by atoms with Crippen LogP contribution in [0.2, 0.25) is 0 Å². The fourth-order valence-corrected chi connectivity index (χ4v) is 5.22. The van der Waals surface area contributed by atoms with Crippen molar-refractivity contribution in [3.05, 3.63) is 65.6 Å². The fraction of sp³-hybridized carbons (Fsp3) is 0.267. The lowest BCUT2D eigenvalue weighted by atomic mass is 9.98. The summed E-state index contributed by atoms with van der Waals surface area (Å²) in [6.07, 6.45) is 2.91. The highest BCUT2D eigenvalue weighted by atomic mass is 32.2. The number of furan rings is 1. The Labute approximate surface area is 245 Å². The van der Waals surface area contributed by atoms with E-state index >= 15 is 0 Å². The van der Waals surface area contributed by atoms with E-state index in [9.17, 15) is 14.0 Å². The van der Waals surface area contributed by atoms with E-state index < -0.39 is 17.3 Å². The molecule has 2 N–H and O–H groups in total. The van der Waals surface area contributed by atoms with Crippen molar-refractivity contribution < 1.29 is 32.1 Å². The van der Waals surface area contributed by atoms with Crippen LogP contribution in [0.25, 0.3) is 33.4 Å². The Kier molecular flexibility index (Phi) is 8.08. The largest absolute Gasteiger partial charge is 0.493 e. The average Bonchev–Trinajstić information content (AvgIpc) is 3.66. The molecule has 0 saturated carbocycles. The summed E-state index contributed by atoms with van der Waals surface area (Å²) in [5.41, 5.74) is 1.79. The number of hydrogen-bond acceptors (Lipinski definition) is 9. The fourth-order valence-electron chi connectivity index (χ4n) is 4.62. The van der Waals surface area contributed by atoms with E-state index in [1.165, 1.54) is 32.7 Å². The first kappa shape index (κ1) is 28.9. The number of pyridine rings is 1. The van der Waals surface area contributed by atoms with Crippen molar-refractivity contribution in [3.8, 4) is 34.1 Å². The molecule has 0 radical (unpaired) electrons. The second-order valence-electron chi connectivity index (χ2n) is 9.93. The molecule has 3 heterocycles. The van der Waals surface area contributed by atoms with Crippen LogP contribution in [0.5, 0.6) is 11.6 Å². The Balaban J connectivity index is 1.64. The van der Waals surface area contributed by atoms with E-state index in [0.717, 1.165) is 12.0 Å². The molecule has 0 saturated heterocycles. The zero-order valence-corrected chi connectivity index (χ0v) is 24.4. The van der Waals surface area contributed by atoms with Gasteiger partial charge in [-0.25, -0.2) is 14.4 Å². The quantitative estimate of drug-likeness (QED) is 0.241. The summed E-state index contributed by atoms with van der Waals surface area (Å²) in [6, 6.07) is 10.8. The predicted molar refractivity (Wildman–Crippen MR) is 158 cm³/mol. The minimum absolute atomic E-state index is 0.137. The van der Waals surface area contributed by atoms with Crippen LogP contribution in [0.1, 0.15) is 41.5 Å². The number of carbonyl (C=O) groups excluding carboxylic acids is 2. The molecule has 12 heteroatoms. The molecule has 42 heavy (non-hydrogen) atoms. The third kappa shape index (κ3) is 5.49. The van der Waals surface area contributed by atoms with Crippen LogP contribution in [0, 0.1) is 5.82 Å². The first-order valence-electron chi connectivity index (χ1n) is 13.1. The molecule has 218 valence electrons. The highest BCUT2D eigenvalue weighted by molar-refractivity contribution is 7.96. The van der Waals surface area contributed by atoms with Gasteiger partial charge < -0.3 is 28.7 Å². The van der Waals surface area contributed by atoms with Gasteiger partial charge in [0, 0.05) is 41.4 Å². The number of amides is 2. The Morgan fingerprint density at radius 3 is 2.52 bits per heavy atom. The van der Waals surface area contributed by atoms with Crippen molar-refractivity contribution in [2.24, 2.45) is 4.99 Å². The third-order valence-electron chi connectivity index (χ3n) is 6.69. The van der Waals surface area contributed by atoms with E-state index in [0.29, 0.717) is 40.0 Å². The van der Waals surface area contributed by atoms with Gasteiger partial charge in [-0.05, 0) is 57.2 Å². The summed E-state index contributed by atoms with van der Waals surface area (Å²) < 4.78 is 36.3. The van der Waals surface area contributed by atoms with Gasteiger partial charge in [0.1, 0.15) is 28.5 Å². The highest BCUT2D eigenvalue weighted by Gasteiger charge is 2.36.